The highest BCUT2D eigenvalue weighted by Gasteiger charge is 2.24. The number of anilines is 1. The van der Waals surface area contributed by atoms with Crippen LogP contribution < -0.4 is 9.64 Å². The van der Waals surface area contributed by atoms with Gasteiger partial charge in [-0.25, -0.2) is 23.9 Å². The van der Waals surface area contributed by atoms with Crippen molar-refractivity contribution in [3.63, 3.8) is 0 Å². The molecule has 0 bridgehead atoms. The normalized spacial score (nSPS) is 14.0. The highest BCUT2D eigenvalue weighted by molar-refractivity contribution is 5.87. The van der Waals surface area contributed by atoms with Crippen LogP contribution in [0.25, 0.3) is 11.1 Å². The van der Waals surface area contributed by atoms with Crippen LogP contribution >= 0.6 is 0 Å². The average molecular weight is 406 g/mol. The van der Waals surface area contributed by atoms with Gasteiger partial charge in [-0.3, -0.25) is 0 Å². The van der Waals surface area contributed by atoms with Gasteiger partial charge in [0.25, 0.3) is 0 Å². The fraction of sp³-hybridized carbons (Fsp3) is 0.273. The molecule has 3 aromatic heterocycles. The maximum atomic E-state index is 12.3. The minimum Gasteiger partial charge on any atom is -0.481 e. The van der Waals surface area contributed by atoms with E-state index in [1.807, 2.05) is 25.3 Å². The molecular weight excluding hydrogens is 383 g/mol. The van der Waals surface area contributed by atoms with Crippen LogP contribution in [0.5, 0.6) is 5.88 Å². The van der Waals surface area contributed by atoms with Crippen LogP contribution in [0.3, 0.4) is 0 Å². The Hall–Kier alpha value is -3.55. The van der Waals surface area contributed by atoms with Gasteiger partial charge in [-0.1, -0.05) is 30.9 Å². The van der Waals surface area contributed by atoms with Gasteiger partial charge in [0.2, 0.25) is 5.88 Å². The first kappa shape index (κ1) is 19.8. The predicted molar refractivity (Wildman–Crippen MR) is 114 cm³/mol. The Morgan fingerprint density at radius 1 is 1.30 bits per heavy atom. The van der Waals surface area contributed by atoms with E-state index < -0.39 is 6.67 Å². The molecule has 30 heavy (non-hydrogen) atoms. The van der Waals surface area contributed by atoms with Gasteiger partial charge in [0.05, 0.1) is 7.11 Å². The number of halogens is 1. The molecule has 0 aromatic carbocycles. The number of alkyl halides is 1. The number of rotatable bonds is 6. The highest BCUT2D eigenvalue weighted by atomic mass is 19.1. The van der Waals surface area contributed by atoms with Crippen LogP contribution in [0.1, 0.15) is 22.6 Å². The molecule has 0 N–H and O–H groups in total. The van der Waals surface area contributed by atoms with E-state index in [0.717, 1.165) is 35.7 Å². The molecule has 0 unspecified atom stereocenters. The maximum Gasteiger partial charge on any atom is 0.213 e. The summed E-state index contributed by atoms with van der Waals surface area (Å²) in [4.78, 5) is 15.8. The SMILES string of the molecule is C=C(/C=C\C=C/CF)c1nc(C)n2ncnc(N3CCc4cc(OC)ncc4C3)c12. The van der Waals surface area contributed by atoms with Crippen molar-refractivity contribution >= 4 is 16.9 Å². The number of hydrogen-bond donors (Lipinski definition) is 0. The summed E-state index contributed by atoms with van der Waals surface area (Å²) in [5.41, 5.74) is 4.62. The van der Waals surface area contributed by atoms with Crippen LogP contribution in [0.2, 0.25) is 0 Å². The largest absolute Gasteiger partial charge is 0.481 e. The van der Waals surface area contributed by atoms with Gasteiger partial charge in [0, 0.05) is 25.4 Å². The van der Waals surface area contributed by atoms with E-state index in [2.05, 4.69) is 31.5 Å². The van der Waals surface area contributed by atoms with Crippen molar-refractivity contribution in [3.8, 4) is 5.88 Å². The summed E-state index contributed by atoms with van der Waals surface area (Å²) in [7, 11) is 1.62. The van der Waals surface area contributed by atoms with Crippen molar-refractivity contribution < 1.29 is 9.13 Å². The Labute approximate surface area is 174 Å². The lowest BCUT2D eigenvalue weighted by molar-refractivity contribution is 0.396. The summed E-state index contributed by atoms with van der Waals surface area (Å²) in [6, 6.07) is 1.99. The first-order chi connectivity index (χ1) is 14.6. The molecule has 0 radical (unpaired) electrons. The zero-order valence-corrected chi connectivity index (χ0v) is 17.0. The number of imidazole rings is 1. The number of fused-ring (bicyclic) bond motifs is 2. The van der Waals surface area contributed by atoms with Crippen molar-refractivity contribution in [2.45, 2.75) is 19.9 Å². The Morgan fingerprint density at radius 2 is 2.17 bits per heavy atom. The summed E-state index contributed by atoms with van der Waals surface area (Å²) in [6.07, 6.45) is 10.9. The number of pyridine rings is 1. The fourth-order valence-corrected chi connectivity index (χ4v) is 3.61. The second-order valence-electron chi connectivity index (χ2n) is 6.99. The molecule has 0 saturated heterocycles. The van der Waals surface area contributed by atoms with Crippen LogP contribution in [0, 0.1) is 6.92 Å². The molecule has 7 nitrogen and oxygen atoms in total. The summed E-state index contributed by atoms with van der Waals surface area (Å²) in [6.45, 7) is 7.02. The van der Waals surface area contributed by atoms with E-state index >= 15 is 0 Å². The lowest BCUT2D eigenvalue weighted by atomic mass is 10.0. The molecule has 3 aromatic rings. The summed E-state index contributed by atoms with van der Waals surface area (Å²) >= 11 is 0. The van der Waals surface area contributed by atoms with E-state index in [0.29, 0.717) is 23.7 Å². The van der Waals surface area contributed by atoms with E-state index in [-0.39, 0.29) is 0 Å². The monoisotopic (exact) mass is 406 g/mol. The molecule has 0 atom stereocenters. The van der Waals surface area contributed by atoms with Gasteiger partial charge in [0.1, 0.15) is 30.0 Å². The first-order valence-electron chi connectivity index (χ1n) is 9.68. The Bertz CT molecular complexity index is 1150. The van der Waals surface area contributed by atoms with Gasteiger partial charge < -0.3 is 9.64 Å². The quantitative estimate of drug-likeness (QED) is 0.584. The topological polar surface area (TPSA) is 68.4 Å². The molecule has 0 aliphatic carbocycles. The molecule has 4 rings (SSSR count). The second-order valence-corrected chi connectivity index (χ2v) is 6.99. The number of methoxy groups -OCH3 is 1. The zero-order valence-electron chi connectivity index (χ0n) is 17.0. The second kappa shape index (κ2) is 8.44. The van der Waals surface area contributed by atoms with Gasteiger partial charge in [-0.2, -0.15) is 5.10 Å². The van der Waals surface area contributed by atoms with E-state index in [4.69, 9.17) is 4.74 Å². The summed E-state index contributed by atoms with van der Waals surface area (Å²) < 4.78 is 19.3. The molecule has 0 amide bonds. The van der Waals surface area contributed by atoms with Crippen LogP contribution in [0.15, 0.2) is 49.5 Å². The third-order valence-electron chi connectivity index (χ3n) is 5.09. The lowest BCUT2D eigenvalue weighted by Crippen LogP contribution is -2.31. The van der Waals surface area contributed by atoms with E-state index in [1.165, 1.54) is 11.6 Å². The minimum atomic E-state index is -0.502. The average Bonchev–Trinajstić information content (AvgIpc) is 3.12. The summed E-state index contributed by atoms with van der Waals surface area (Å²) in [5.74, 6) is 2.18. The van der Waals surface area contributed by atoms with Crippen LogP contribution in [0.4, 0.5) is 10.2 Å². The maximum absolute atomic E-state index is 12.3. The van der Waals surface area contributed by atoms with Crippen molar-refractivity contribution in [2.75, 3.05) is 25.2 Å². The number of hydrogen-bond acceptors (Lipinski definition) is 6. The number of aryl methyl sites for hydroxylation is 1. The van der Waals surface area contributed by atoms with Crippen LogP contribution in [-0.2, 0) is 13.0 Å². The standard InChI is InChI=1S/C22H23FN6O/c1-15(7-5-4-6-9-23)20-21-22(25-14-26-29(21)16(2)27-20)28-10-8-17-11-19(30-3)24-12-18(17)13-28/h4-7,11-12,14H,1,8-10,13H2,2-3H3/b6-4-,7-5-. The van der Waals surface area contributed by atoms with E-state index in [1.54, 1.807) is 30.1 Å². The fourth-order valence-electron chi connectivity index (χ4n) is 3.61. The van der Waals surface area contributed by atoms with E-state index in [9.17, 15) is 4.39 Å². The Balaban J connectivity index is 1.72. The molecule has 1 aliphatic heterocycles. The molecular formula is C22H23FN6O. The first-order valence-corrected chi connectivity index (χ1v) is 9.68. The molecule has 0 spiro atoms. The molecule has 1 aliphatic rings. The molecule has 4 heterocycles. The van der Waals surface area contributed by atoms with Crippen molar-refractivity contribution in [2.24, 2.45) is 0 Å². The minimum absolute atomic E-state index is 0.502. The van der Waals surface area contributed by atoms with Gasteiger partial charge in [-0.15, -0.1) is 0 Å². The highest BCUT2D eigenvalue weighted by Crippen LogP contribution is 2.31. The third-order valence-corrected chi connectivity index (χ3v) is 5.09. The van der Waals surface area contributed by atoms with Gasteiger partial charge >= 0.3 is 0 Å². The number of aromatic nitrogens is 5. The van der Waals surface area contributed by atoms with Crippen LogP contribution in [-0.4, -0.2) is 44.9 Å². The predicted octanol–water partition coefficient (Wildman–Crippen LogP) is 3.49. The molecule has 154 valence electrons. The van der Waals surface area contributed by atoms with Crippen molar-refractivity contribution in [1.82, 2.24) is 24.6 Å². The molecule has 8 heteroatoms. The van der Waals surface area contributed by atoms with Crippen molar-refractivity contribution in [1.29, 1.82) is 0 Å². The number of allylic oxidation sites excluding steroid dienone is 5. The Morgan fingerprint density at radius 3 is 2.97 bits per heavy atom. The number of ether oxygens (including phenoxy) is 1. The molecule has 0 fully saturated rings. The number of nitrogens with zero attached hydrogens (tertiary/aromatic N) is 6. The van der Waals surface area contributed by atoms with Crippen molar-refractivity contribution in [3.05, 3.63) is 72.1 Å². The van der Waals surface area contributed by atoms with Gasteiger partial charge in [-0.05, 0) is 30.0 Å². The zero-order chi connectivity index (χ0) is 21.1. The summed E-state index contributed by atoms with van der Waals surface area (Å²) in [5, 5.41) is 4.37. The molecule has 0 saturated carbocycles. The third kappa shape index (κ3) is 3.68. The Kier molecular flexibility index (Phi) is 5.56. The lowest BCUT2D eigenvalue weighted by Gasteiger charge is -2.30. The van der Waals surface area contributed by atoms with Gasteiger partial charge in [0.15, 0.2) is 5.82 Å². The smallest absolute Gasteiger partial charge is 0.213 e.